The molecule has 0 amide bonds. The Bertz CT molecular complexity index is 730. The molecule has 0 saturated carbocycles. The van der Waals surface area contributed by atoms with Crippen LogP contribution in [0.15, 0.2) is 27.4 Å². The number of nitrogens with zero attached hydrogens (tertiary/aromatic N) is 1. The highest BCUT2D eigenvalue weighted by Gasteiger charge is 2.19. The van der Waals surface area contributed by atoms with Crippen LogP contribution in [0.25, 0.3) is 11.0 Å². The molecule has 3 nitrogen and oxygen atoms in total. The lowest BCUT2D eigenvalue weighted by Crippen LogP contribution is -2.33. The Labute approximate surface area is 139 Å². The predicted molar refractivity (Wildman–Crippen MR) is 95.3 cm³/mol. The maximum absolute atomic E-state index is 12.5. The SMILES string of the molecule is Cc1cc(CCBr)c2oc(N3CCC(C)CC3)cc(=O)c2c1. The molecule has 4 heteroatoms. The maximum Gasteiger partial charge on any atom is 0.199 e. The first-order chi connectivity index (χ1) is 10.6. The van der Waals surface area contributed by atoms with Gasteiger partial charge in [-0.05, 0) is 49.3 Å². The van der Waals surface area contributed by atoms with Crippen molar-refractivity contribution in [2.24, 2.45) is 5.92 Å². The average Bonchev–Trinajstić information content (AvgIpc) is 2.49. The predicted octanol–water partition coefficient (Wildman–Crippen LogP) is 4.28. The van der Waals surface area contributed by atoms with Gasteiger partial charge in [-0.25, -0.2) is 0 Å². The summed E-state index contributed by atoms with van der Waals surface area (Å²) in [5.41, 5.74) is 3.03. The van der Waals surface area contributed by atoms with Crippen molar-refractivity contribution >= 4 is 32.8 Å². The topological polar surface area (TPSA) is 33.5 Å². The second-order valence-corrected chi connectivity index (χ2v) is 7.15. The fraction of sp³-hybridized carbons (Fsp3) is 0.500. The Morgan fingerprint density at radius 2 is 2.00 bits per heavy atom. The fourth-order valence-electron chi connectivity index (χ4n) is 3.15. The molecule has 0 aliphatic carbocycles. The van der Waals surface area contributed by atoms with Crippen LogP contribution in [0.5, 0.6) is 0 Å². The molecule has 2 aromatic rings. The van der Waals surface area contributed by atoms with Gasteiger partial charge in [0.2, 0.25) is 0 Å². The number of benzene rings is 1. The number of halogens is 1. The summed E-state index contributed by atoms with van der Waals surface area (Å²) in [4.78, 5) is 14.7. The lowest BCUT2D eigenvalue weighted by molar-refractivity contribution is 0.419. The number of hydrogen-bond donors (Lipinski definition) is 0. The van der Waals surface area contributed by atoms with E-state index in [2.05, 4.69) is 33.8 Å². The number of hydrogen-bond acceptors (Lipinski definition) is 3. The van der Waals surface area contributed by atoms with Crippen molar-refractivity contribution in [1.82, 2.24) is 0 Å². The molecule has 1 aromatic heterocycles. The second kappa shape index (κ2) is 6.45. The summed E-state index contributed by atoms with van der Waals surface area (Å²) < 4.78 is 6.16. The van der Waals surface area contributed by atoms with Gasteiger partial charge in [0.15, 0.2) is 11.3 Å². The molecule has 1 aliphatic rings. The van der Waals surface area contributed by atoms with E-state index in [0.29, 0.717) is 5.39 Å². The van der Waals surface area contributed by atoms with E-state index in [-0.39, 0.29) is 5.43 Å². The first-order valence-corrected chi connectivity index (χ1v) is 9.09. The summed E-state index contributed by atoms with van der Waals surface area (Å²) >= 11 is 3.49. The number of aryl methyl sites for hydroxylation is 2. The van der Waals surface area contributed by atoms with E-state index in [1.807, 2.05) is 13.0 Å². The smallest absolute Gasteiger partial charge is 0.199 e. The van der Waals surface area contributed by atoms with Gasteiger partial charge in [0.25, 0.3) is 0 Å². The van der Waals surface area contributed by atoms with Crippen molar-refractivity contribution in [2.45, 2.75) is 33.1 Å². The van der Waals surface area contributed by atoms with Crippen LogP contribution in [-0.4, -0.2) is 18.4 Å². The van der Waals surface area contributed by atoms with Crippen LogP contribution in [0.3, 0.4) is 0 Å². The van der Waals surface area contributed by atoms with E-state index < -0.39 is 0 Å². The molecule has 1 aliphatic heterocycles. The summed E-state index contributed by atoms with van der Waals surface area (Å²) in [7, 11) is 0. The van der Waals surface area contributed by atoms with Crippen molar-refractivity contribution in [3.8, 4) is 0 Å². The Hall–Kier alpha value is -1.29. The Kier molecular flexibility index (Phi) is 4.57. The van der Waals surface area contributed by atoms with Crippen molar-refractivity contribution in [2.75, 3.05) is 23.3 Å². The first kappa shape index (κ1) is 15.6. The molecule has 0 radical (unpaired) electrons. The zero-order valence-corrected chi connectivity index (χ0v) is 14.8. The van der Waals surface area contributed by atoms with E-state index in [1.54, 1.807) is 6.07 Å². The number of fused-ring (bicyclic) bond motifs is 1. The van der Waals surface area contributed by atoms with Gasteiger partial charge >= 0.3 is 0 Å². The van der Waals surface area contributed by atoms with Gasteiger partial charge in [0.05, 0.1) is 5.39 Å². The van der Waals surface area contributed by atoms with Crippen molar-refractivity contribution in [3.05, 3.63) is 39.5 Å². The molecule has 0 atom stereocenters. The molecule has 0 bridgehead atoms. The van der Waals surface area contributed by atoms with Gasteiger partial charge in [0, 0.05) is 24.5 Å². The largest absolute Gasteiger partial charge is 0.440 e. The van der Waals surface area contributed by atoms with Gasteiger partial charge in [0.1, 0.15) is 5.58 Å². The lowest BCUT2D eigenvalue weighted by Gasteiger charge is -2.30. The molecule has 0 unspecified atom stereocenters. The monoisotopic (exact) mass is 363 g/mol. The van der Waals surface area contributed by atoms with Crippen molar-refractivity contribution < 1.29 is 4.42 Å². The minimum absolute atomic E-state index is 0.0643. The van der Waals surface area contributed by atoms with E-state index in [0.717, 1.165) is 66.2 Å². The normalized spacial score (nSPS) is 16.4. The van der Waals surface area contributed by atoms with E-state index in [4.69, 9.17) is 4.42 Å². The number of rotatable bonds is 3. The maximum atomic E-state index is 12.5. The van der Waals surface area contributed by atoms with Crippen LogP contribution < -0.4 is 10.3 Å². The van der Waals surface area contributed by atoms with Gasteiger partial charge in [-0.15, -0.1) is 0 Å². The number of anilines is 1. The van der Waals surface area contributed by atoms with Crippen LogP contribution in [0, 0.1) is 12.8 Å². The van der Waals surface area contributed by atoms with E-state index in [1.165, 1.54) is 0 Å². The molecule has 1 aromatic carbocycles. The summed E-state index contributed by atoms with van der Waals surface area (Å²) in [6.45, 7) is 6.24. The summed E-state index contributed by atoms with van der Waals surface area (Å²) in [6.07, 6.45) is 3.18. The molecule has 3 rings (SSSR count). The van der Waals surface area contributed by atoms with Gasteiger partial charge in [-0.2, -0.15) is 0 Å². The molecule has 2 heterocycles. The number of piperidine rings is 1. The summed E-state index contributed by atoms with van der Waals surface area (Å²) in [6, 6.07) is 5.71. The van der Waals surface area contributed by atoms with Crippen LogP contribution in [0.4, 0.5) is 5.88 Å². The molecular weight excluding hydrogens is 342 g/mol. The minimum Gasteiger partial charge on any atom is -0.440 e. The molecule has 118 valence electrons. The standard InChI is InChI=1S/C18H22BrNO2/c1-12-4-7-20(8-5-12)17-11-16(21)15-10-13(2)9-14(3-6-19)18(15)22-17/h9-12H,3-8H2,1-2H3. The van der Waals surface area contributed by atoms with E-state index >= 15 is 0 Å². The third-order valence-corrected chi connectivity index (χ3v) is 4.89. The highest BCUT2D eigenvalue weighted by molar-refractivity contribution is 9.09. The van der Waals surface area contributed by atoms with Crippen LogP contribution >= 0.6 is 15.9 Å². The first-order valence-electron chi connectivity index (χ1n) is 7.97. The highest BCUT2D eigenvalue weighted by Crippen LogP contribution is 2.27. The van der Waals surface area contributed by atoms with Gasteiger partial charge in [-0.3, -0.25) is 4.79 Å². The van der Waals surface area contributed by atoms with Crippen LogP contribution in [-0.2, 0) is 6.42 Å². The molecule has 0 N–H and O–H groups in total. The van der Waals surface area contributed by atoms with Gasteiger partial charge < -0.3 is 9.32 Å². The van der Waals surface area contributed by atoms with Crippen LogP contribution in [0.1, 0.15) is 30.9 Å². The summed E-state index contributed by atoms with van der Waals surface area (Å²) in [5.74, 6) is 1.49. The highest BCUT2D eigenvalue weighted by atomic mass is 79.9. The molecule has 1 saturated heterocycles. The van der Waals surface area contributed by atoms with Gasteiger partial charge in [-0.1, -0.05) is 28.9 Å². The third kappa shape index (κ3) is 3.07. The average molecular weight is 364 g/mol. The molecule has 0 spiro atoms. The Morgan fingerprint density at radius 1 is 1.27 bits per heavy atom. The quantitative estimate of drug-likeness (QED) is 0.763. The van der Waals surface area contributed by atoms with E-state index in [9.17, 15) is 4.79 Å². The third-order valence-electron chi connectivity index (χ3n) is 4.50. The van der Waals surface area contributed by atoms with Crippen molar-refractivity contribution in [3.63, 3.8) is 0 Å². The lowest BCUT2D eigenvalue weighted by atomic mass is 9.99. The fourth-order valence-corrected chi connectivity index (χ4v) is 3.58. The second-order valence-electron chi connectivity index (χ2n) is 6.36. The van der Waals surface area contributed by atoms with Crippen molar-refractivity contribution in [1.29, 1.82) is 0 Å². The molecule has 1 fully saturated rings. The number of alkyl halides is 1. The Morgan fingerprint density at radius 3 is 2.68 bits per heavy atom. The zero-order valence-electron chi connectivity index (χ0n) is 13.2. The molecular formula is C18H22BrNO2. The Balaban J connectivity index is 2.08. The van der Waals surface area contributed by atoms with Crippen LogP contribution in [0.2, 0.25) is 0 Å². The minimum atomic E-state index is 0.0643. The zero-order chi connectivity index (χ0) is 15.7. The molecule has 22 heavy (non-hydrogen) atoms. The summed E-state index contributed by atoms with van der Waals surface area (Å²) in [5, 5.41) is 1.56.